The van der Waals surface area contributed by atoms with Gasteiger partial charge in [0.2, 0.25) is 0 Å². The molecule has 0 amide bonds. The number of rotatable bonds is 4. The molecule has 0 radical (unpaired) electrons. The summed E-state index contributed by atoms with van der Waals surface area (Å²) in [6, 6.07) is 12.2. The van der Waals surface area contributed by atoms with Crippen LogP contribution < -0.4 is 5.32 Å². The summed E-state index contributed by atoms with van der Waals surface area (Å²) in [6.45, 7) is 0.0997. The SMILES string of the molecule is N#CC(CNc1cc(F)c(F)cc1F)c1ccccc1. The van der Waals surface area contributed by atoms with Gasteiger partial charge in [0.25, 0.3) is 0 Å². The van der Waals surface area contributed by atoms with E-state index in [4.69, 9.17) is 5.26 Å². The summed E-state index contributed by atoms with van der Waals surface area (Å²) in [5.74, 6) is -3.78. The highest BCUT2D eigenvalue weighted by molar-refractivity contribution is 5.46. The molecule has 5 heteroatoms. The Morgan fingerprint density at radius 3 is 2.30 bits per heavy atom. The fraction of sp³-hybridized carbons (Fsp3) is 0.133. The quantitative estimate of drug-likeness (QED) is 0.862. The van der Waals surface area contributed by atoms with Crippen LogP contribution in [0.1, 0.15) is 11.5 Å². The first-order valence-corrected chi connectivity index (χ1v) is 5.95. The van der Waals surface area contributed by atoms with Crippen LogP contribution in [0.3, 0.4) is 0 Å². The molecule has 1 atom stereocenters. The van der Waals surface area contributed by atoms with E-state index in [1.165, 1.54) is 0 Å². The molecule has 0 bridgehead atoms. The highest BCUT2D eigenvalue weighted by atomic mass is 19.2. The molecule has 2 aromatic rings. The topological polar surface area (TPSA) is 35.8 Å². The summed E-state index contributed by atoms with van der Waals surface area (Å²) in [5.41, 5.74) is 0.602. The van der Waals surface area contributed by atoms with Gasteiger partial charge in [-0.25, -0.2) is 13.2 Å². The van der Waals surface area contributed by atoms with Gasteiger partial charge in [0.1, 0.15) is 5.82 Å². The van der Waals surface area contributed by atoms with Crippen LogP contribution in [0.2, 0.25) is 0 Å². The number of anilines is 1. The van der Waals surface area contributed by atoms with E-state index in [1.54, 1.807) is 24.3 Å². The molecule has 20 heavy (non-hydrogen) atoms. The molecule has 0 spiro atoms. The number of halogens is 3. The monoisotopic (exact) mass is 276 g/mol. The summed E-state index contributed by atoms with van der Waals surface area (Å²) in [7, 11) is 0. The minimum absolute atomic E-state index is 0.0997. The highest BCUT2D eigenvalue weighted by Gasteiger charge is 2.13. The molecular weight excluding hydrogens is 265 g/mol. The van der Waals surface area contributed by atoms with Crippen LogP contribution in [-0.4, -0.2) is 6.54 Å². The van der Waals surface area contributed by atoms with Crippen molar-refractivity contribution in [3.63, 3.8) is 0 Å². The normalized spacial score (nSPS) is 11.7. The van der Waals surface area contributed by atoms with E-state index in [0.29, 0.717) is 6.07 Å². The predicted molar refractivity (Wildman–Crippen MR) is 69.6 cm³/mol. The van der Waals surface area contributed by atoms with Crippen molar-refractivity contribution >= 4 is 5.69 Å². The number of hydrogen-bond acceptors (Lipinski definition) is 2. The first-order chi connectivity index (χ1) is 9.61. The Balaban J connectivity index is 2.12. The van der Waals surface area contributed by atoms with Crippen molar-refractivity contribution in [2.45, 2.75) is 5.92 Å². The van der Waals surface area contributed by atoms with Gasteiger partial charge in [-0.15, -0.1) is 0 Å². The second kappa shape index (κ2) is 6.11. The molecule has 0 heterocycles. The summed E-state index contributed by atoms with van der Waals surface area (Å²) in [4.78, 5) is 0. The van der Waals surface area contributed by atoms with E-state index >= 15 is 0 Å². The van der Waals surface area contributed by atoms with Crippen LogP contribution in [0.4, 0.5) is 18.9 Å². The molecule has 0 aliphatic heterocycles. The Hall–Kier alpha value is -2.48. The van der Waals surface area contributed by atoms with Gasteiger partial charge in [-0.3, -0.25) is 0 Å². The summed E-state index contributed by atoms with van der Waals surface area (Å²) < 4.78 is 39.3. The molecule has 0 saturated carbocycles. The largest absolute Gasteiger partial charge is 0.381 e. The smallest absolute Gasteiger partial charge is 0.161 e. The lowest BCUT2D eigenvalue weighted by Gasteiger charge is -2.12. The fourth-order valence-corrected chi connectivity index (χ4v) is 1.79. The Morgan fingerprint density at radius 2 is 1.65 bits per heavy atom. The minimum Gasteiger partial charge on any atom is -0.381 e. The Morgan fingerprint density at radius 1 is 1.00 bits per heavy atom. The molecule has 0 aliphatic carbocycles. The molecule has 0 aromatic heterocycles. The number of nitrogens with one attached hydrogen (secondary N) is 1. The Kier molecular flexibility index (Phi) is 4.26. The van der Waals surface area contributed by atoms with Crippen LogP contribution >= 0.6 is 0 Å². The van der Waals surface area contributed by atoms with E-state index in [0.717, 1.165) is 11.6 Å². The van der Waals surface area contributed by atoms with Gasteiger partial charge >= 0.3 is 0 Å². The van der Waals surface area contributed by atoms with Crippen molar-refractivity contribution in [2.75, 3.05) is 11.9 Å². The Labute approximate surface area is 114 Å². The third-order valence-electron chi connectivity index (χ3n) is 2.86. The number of benzene rings is 2. The molecule has 0 fully saturated rings. The van der Waals surface area contributed by atoms with Crippen molar-refractivity contribution < 1.29 is 13.2 Å². The van der Waals surface area contributed by atoms with Crippen LogP contribution in [-0.2, 0) is 0 Å². The lowest BCUT2D eigenvalue weighted by atomic mass is 10.0. The third-order valence-corrected chi connectivity index (χ3v) is 2.86. The van der Waals surface area contributed by atoms with Gasteiger partial charge in [-0.1, -0.05) is 30.3 Å². The van der Waals surface area contributed by atoms with E-state index in [2.05, 4.69) is 11.4 Å². The maximum Gasteiger partial charge on any atom is 0.161 e. The standard InChI is InChI=1S/C15H11F3N2/c16-12-6-14(18)15(7-13(12)17)20-9-11(8-19)10-4-2-1-3-5-10/h1-7,11,20H,9H2. The van der Waals surface area contributed by atoms with E-state index < -0.39 is 23.4 Å². The molecule has 1 unspecified atom stereocenters. The van der Waals surface area contributed by atoms with Gasteiger partial charge in [0.15, 0.2) is 11.6 Å². The van der Waals surface area contributed by atoms with Gasteiger partial charge in [0, 0.05) is 18.7 Å². The van der Waals surface area contributed by atoms with E-state index in [1.807, 2.05) is 6.07 Å². The first kappa shape index (κ1) is 13.9. The fourth-order valence-electron chi connectivity index (χ4n) is 1.79. The third kappa shape index (κ3) is 3.09. The molecule has 0 saturated heterocycles. The maximum absolute atomic E-state index is 13.4. The van der Waals surface area contributed by atoms with Gasteiger partial charge < -0.3 is 5.32 Å². The zero-order valence-corrected chi connectivity index (χ0v) is 10.4. The van der Waals surface area contributed by atoms with Crippen LogP contribution in [0, 0.1) is 28.8 Å². The average Bonchev–Trinajstić information content (AvgIpc) is 2.46. The molecule has 0 aliphatic rings. The van der Waals surface area contributed by atoms with Crippen LogP contribution in [0.25, 0.3) is 0 Å². The summed E-state index contributed by atoms with van der Waals surface area (Å²) in [5, 5.41) is 11.7. The summed E-state index contributed by atoms with van der Waals surface area (Å²) in [6.07, 6.45) is 0. The van der Waals surface area contributed by atoms with Crippen LogP contribution in [0.5, 0.6) is 0 Å². The predicted octanol–water partition coefficient (Wildman–Crippen LogP) is 3.82. The van der Waals surface area contributed by atoms with Crippen molar-refractivity contribution in [3.8, 4) is 6.07 Å². The number of nitriles is 1. The van der Waals surface area contributed by atoms with Gasteiger partial charge in [0.05, 0.1) is 17.7 Å². The van der Waals surface area contributed by atoms with Gasteiger partial charge in [-0.2, -0.15) is 5.26 Å². The Bertz CT molecular complexity index is 636. The first-order valence-electron chi connectivity index (χ1n) is 5.95. The zero-order valence-electron chi connectivity index (χ0n) is 10.4. The molecule has 102 valence electrons. The van der Waals surface area contributed by atoms with E-state index in [-0.39, 0.29) is 12.2 Å². The molecular formula is C15H11F3N2. The van der Waals surface area contributed by atoms with Crippen LogP contribution in [0.15, 0.2) is 42.5 Å². The van der Waals surface area contributed by atoms with Gasteiger partial charge in [-0.05, 0) is 5.56 Å². The average molecular weight is 276 g/mol. The summed E-state index contributed by atoms with van der Waals surface area (Å²) >= 11 is 0. The molecule has 2 aromatic carbocycles. The second-order valence-corrected chi connectivity index (χ2v) is 4.22. The molecule has 2 rings (SSSR count). The van der Waals surface area contributed by atoms with E-state index in [9.17, 15) is 13.2 Å². The molecule has 2 nitrogen and oxygen atoms in total. The lowest BCUT2D eigenvalue weighted by molar-refractivity contribution is 0.496. The van der Waals surface area contributed by atoms with Crippen molar-refractivity contribution in [2.24, 2.45) is 0 Å². The minimum atomic E-state index is -1.24. The molecule has 1 N–H and O–H groups in total. The van der Waals surface area contributed by atoms with Crippen molar-refractivity contribution in [1.29, 1.82) is 5.26 Å². The number of hydrogen-bond donors (Lipinski definition) is 1. The second-order valence-electron chi connectivity index (χ2n) is 4.22. The van der Waals surface area contributed by atoms with Crippen molar-refractivity contribution in [1.82, 2.24) is 0 Å². The van der Waals surface area contributed by atoms with Crippen molar-refractivity contribution in [3.05, 3.63) is 65.5 Å². The maximum atomic E-state index is 13.4. The zero-order chi connectivity index (χ0) is 14.5. The number of nitrogens with zero attached hydrogens (tertiary/aromatic N) is 1. The lowest BCUT2D eigenvalue weighted by Crippen LogP contribution is -2.12. The highest BCUT2D eigenvalue weighted by Crippen LogP contribution is 2.21.